The summed E-state index contributed by atoms with van der Waals surface area (Å²) in [4.78, 5) is 0. The first-order valence-corrected chi connectivity index (χ1v) is 9.05. The number of nitrogens with zero attached hydrogens (tertiary/aromatic N) is 1. The van der Waals surface area contributed by atoms with Crippen molar-refractivity contribution in [1.82, 2.24) is 10.7 Å². The van der Waals surface area contributed by atoms with Gasteiger partial charge in [0, 0.05) is 6.54 Å². The maximum atomic E-state index is 5.90. The molecule has 2 aromatic rings. The van der Waals surface area contributed by atoms with Crippen molar-refractivity contribution in [2.75, 3.05) is 13.7 Å². The van der Waals surface area contributed by atoms with Gasteiger partial charge < -0.3 is 14.8 Å². The number of ether oxygens (including phenoxy) is 2. The van der Waals surface area contributed by atoms with Crippen molar-refractivity contribution in [2.45, 2.75) is 26.4 Å². The molecule has 0 aliphatic carbocycles. The Labute approximate surface area is 160 Å². The van der Waals surface area contributed by atoms with E-state index in [1.807, 2.05) is 48.5 Å². The average Bonchev–Trinajstić information content (AvgIpc) is 2.67. The van der Waals surface area contributed by atoms with Crippen LogP contribution in [-0.4, -0.2) is 25.0 Å². The van der Waals surface area contributed by atoms with E-state index in [2.05, 4.69) is 22.8 Å². The van der Waals surface area contributed by atoms with Gasteiger partial charge in [0.15, 0.2) is 16.6 Å². The van der Waals surface area contributed by atoms with Gasteiger partial charge in [0.1, 0.15) is 6.61 Å². The van der Waals surface area contributed by atoms with Crippen molar-refractivity contribution < 1.29 is 9.47 Å². The molecule has 0 bridgehead atoms. The second-order valence-corrected chi connectivity index (χ2v) is 6.07. The molecule has 0 atom stereocenters. The average molecular weight is 372 g/mol. The van der Waals surface area contributed by atoms with Crippen LogP contribution in [0.1, 0.15) is 30.9 Å². The molecule has 2 N–H and O–H groups in total. The summed E-state index contributed by atoms with van der Waals surface area (Å²) in [5.74, 6) is 1.35. The quantitative estimate of drug-likeness (QED) is 0.303. The molecular formula is C20H25N3O2S. The molecule has 0 aliphatic rings. The zero-order chi connectivity index (χ0) is 18.6. The van der Waals surface area contributed by atoms with E-state index in [1.165, 1.54) is 0 Å². The summed E-state index contributed by atoms with van der Waals surface area (Å²) >= 11 is 5.16. The van der Waals surface area contributed by atoms with Crippen molar-refractivity contribution in [3.05, 3.63) is 59.7 Å². The fourth-order valence-corrected chi connectivity index (χ4v) is 2.36. The van der Waals surface area contributed by atoms with Crippen LogP contribution < -0.4 is 20.2 Å². The maximum Gasteiger partial charge on any atom is 0.186 e. The summed E-state index contributed by atoms with van der Waals surface area (Å²) in [5.41, 5.74) is 4.80. The zero-order valence-corrected chi connectivity index (χ0v) is 16.0. The molecule has 0 aliphatic heterocycles. The van der Waals surface area contributed by atoms with Crippen LogP contribution in [0.2, 0.25) is 0 Å². The van der Waals surface area contributed by atoms with Crippen LogP contribution in [0.25, 0.3) is 0 Å². The first-order chi connectivity index (χ1) is 12.7. The maximum absolute atomic E-state index is 5.90. The predicted molar refractivity (Wildman–Crippen MR) is 110 cm³/mol. The molecule has 0 spiro atoms. The van der Waals surface area contributed by atoms with Gasteiger partial charge in [0.05, 0.1) is 13.3 Å². The van der Waals surface area contributed by atoms with Crippen molar-refractivity contribution >= 4 is 23.5 Å². The molecule has 2 rings (SSSR count). The summed E-state index contributed by atoms with van der Waals surface area (Å²) in [6, 6.07) is 15.7. The Kier molecular flexibility index (Phi) is 8.42. The molecule has 2 aromatic carbocycles. The zero-order valence-electron chi connectivity index (χ0n) is 15.2. The number of unbranched alkanes of at least 4 members (excludes halogenated alkanes) is 1. The highest BCUT2D eigenvalue weighted by molar-refractivity contribution is 7.80. The van der Waals surface area contributed by atoms with Crippen molar-refractivity contribution in [1.29, 1.82) is 0 Å². The summed E-state index contributed by atoms with van der Waals surface area (Å²) in [6.45, 7) is 3.46. The molecule has 0 radical (unpaired) electrons. The number of nitrogens with one attached hydrogen (secondary N) is 2. The molecule has 138 valence electrons. The van der Waals surface area contributed by atoms with Crippen LogP contribution in [0.4, 0.5) is 0 Å². The van der Waals surface area contributed by atoms with Crippen LogP contribution >= 0.6 is 12.2 Å². The highest BCUT2D eigenvalue weighted by Crippen LogP contribution is 2.28. The third-order valence-corrected chi connectivity index (χ3v) is 3.86. The summed E-state index contributed by atoms with van der Waals surface area (Å²) in [6.07, 6.45) is 3.89. The number of thiocarbonyl (C=S) groups is 1. The molecule has 5 nitrogen and oxygen atoms in total. The van der Waals surface area contributed by atoms with E-state index in [-0.39, 0.29) is 0 Å². The Hall–Kier alpha value is -2.60. The van der Waals surface area contributed by atoms with Crippen molar-refractivity contribution in [3.8, 4) is 11.5 Å². The molecule has 0 heterocycles. The first-order valence-electron chi connectivity index (χ1n) is 8.64. The molecule has 0 aromatic heterocycles. The molecule has 26 heavy (non-hydrogen) atoms. The smallest absolute Gasteiger partial charge is 0.186 e. The minimum atomic E-state index is 0.474. The van der Waals surface area contributed by atoms with E-state index in [4.69, 9.17) is 21.7 Å². The Bertz CT molecular complexity index is 720. The van der Waals surface area contributed by atoms with Crippen LogP contribution in [0.3, 0.4) is 0 Å². The van der Waals surface area contributed by atoms with Gasteiger partial charge in [0.2, 0.25) is 0 Å². The second kappa shape index (κ2) is 11.1. The van der Waals surface area contributed by atoms with Crippen LogP contribution in [0.15, 0.2) is 53.6 Å². The molecule has 6 heteroatoms. The number of rotatable bonds is 9. The van der Waals surface area contributed by atoms with Crippen LogP contribution in [-0.2, 0) is 6.61 Å². The monoisotopic (exact) mass is 371 g/mol. The van der Waals surface area contributed by atoms with E-state index < -0.39 is 0 Å². The molecule has 0 saturated heterocycles. The number of benzene rings is 2. The Morgan fingerprint density at radius 1 is 1.15 bits per heavy atom. The van der Waals surface area contributed by atoms with Gasteiger partial charge in [-0.2, -0.15) is 5.10 Å². The molecular weight excluding hydrogens is 346 g/mol. The first kappa shape index (κ1) is 19.7. The fraction of sp³-hybridized carbons (Fsp3) is 0.300. The number of methoxy groups -OCH3 is 1. The van der Waals surface area contributed by atoms with Gasteiger partial charge in [-0.1, -0.05) is 43.7 Å². The van der Waals surface area contributed by atoms with E-state index in [1.54, 1.807) is 13.3 Å². The second-order valence-electron chi connectivity index (χ2n) is 5.66. The van der Waals surface area contributed by atoms with Crippen LogP contribution in [0, 0.1) is 0 Å². The lowest BCUT2D eigenvalue weighted by Gasteiger charge is -2.11. The summed E-state index contributed by atoms with van der Waals surface area (Å²) in [5, 5.41) is 7.78. The van der Waals surface area contributed by atoms with E-state index in [0.717, 1.165) is 30.5 Å². The van der Waals surface area contributed by atoms with Gasteiger partial charge in [-0.25, -0.2) is 0 Å². The van der Waals surface area contributed by atoms with E-state index >= 15 is 0 Å². The van der Waals surface area contributed by atoms with Gasteiger partial charge in [0.25, 0.3) is 0 Å². The third-order valence-electron chi connectivity index (χ3n) is 3.62. The largest absolute Gasteiger partial charge is 0.493 e. The normalized spacial score (nSPS) is 10.5. The molecule has 0 fully saturated rings. The number of hydrogen-bond donors (Lipinski definition) is 2. The highest BCUT2D eigenvalue weighted by atomic mass is 32.1. The Morgan fingerprint density at radius 3 is 2.69 bits per heavy atom. The molecule has 0 saturated carbocycles. The lowest BCUT2D eigenvalue weighted by molar-refractivity contribution is 0.284. The highest BCUT2D eigenvalue weighted by Gasteiger charge is 2.05. The molecule has 0 unspecified atom stereocenters. The lowest BCUT2D eigenvalue weighted by Crippen LogP contribution is -2.32. The third kappa shape index (κ3) is 6.72. The van der Waals surface area contributed by atoms with Crippen LogP contribution in [0.5, 0.6) is 11.5 Å². The van der Waals surface area contributed by atoms with E-state index in [0.29, 0.717) is 23.2 Å². The van der Waals surface area contributed by atoms with E-state index in [9.17, 15) is 0 Å². The minimum absolute atomic E-state index is 0.474. The van der Waals surface area contributed by atoms with Gasteiger partial charge >= 0.3 is 0 Å². The topological polar surface area (TPSA) is 54.9 Å². The summed E-state index contributed by atoms with van der Waals surface area (Å²) in [7, 11) is 1.63. The van der Waals surface area contributed by atoms with Crippen molar-refractivity contribution in [2.24, 2.45) is 5.10 Å². The van der Waals surface area contributed by atoms with Gasteiger partial charge in [-0.3, -0.25) is 5.43 Å². The molecule has 0 amide bonds. The fourth-order valence-electron chi connectivity index (χ4n) is 2.21. The van der Waals surface area contributed by atoms with Crippen molar-refractivity contribution in [3.63, 3.8) is 0 Å². The number of hydrazone groups is 1. The van der Waals surface area contributed by atoms with Gasteiger partial charge in [-0.05, 0) is 48.0 Å². The minimum Gasteiger partial charge on any atom is -0.493 e. The Balaban J connectivity index is 1.95. The standard InChI is InChI=1S/C20H25N3O2S/c1-3-4-12-21-20(26)23-22-14-17-10-11-18(24-2)19(13-17)25-15-16-8-6-5-7-9-16/h5-11,13-14H,3-4,12,15H2,1-2H3,(H2,21,23,26)/b22-14-. The van der Waals surface area contributed by atoms with Gasteiger partial charge in [-0.15, -0.1) is 0 Å². The number of hydrogen-bond acceptors (Lipinski definition) is 4. The SMILES string of the molecule is CCCCNC(=S)N/N=C\c1ccc(OC)c(OCc2ccccc2)c1. The Morgan fingerprint density at radius 2 is 1.96 bits per heavy atom. The summed E-state index contributed by atoms with van der Waals surface area (Å²) < 4.78 is 11.3. The lowest BCUT2D eigenvalue weighted by atomic mass is 10.2. The predicted octanol–water partition coefficient (Wildman–Crippen LogP) is 3.87.